The number of alkyl halides is 3. The highest BCUT2D eigenvalue weighted by Gasteiger charge is 2.31. The van der Waals surface area contributed by atoms with Gasteiger partial charge in [-0.15, -0.1) is 10.2 Å². The molecular formula is C22H17F3N4S. The second-order valence-electron chi connectivity index (χ2n) is 6.71. The zero-order valence-corrected chi connectivity index (χ0v) is 16.8. The molecule has 0 N–H and O–H groups in total. The number of thioether (sulfide) groups is 1. The van der Waals surface area contributed by atoms with Gasteiger partial charge in [0.25, 0.3) is 0 Å². The third-order valence-electron chi connectivity index (χ3n) is 4.44. The Hall–Kier alpha value is -3.13. The summed E-state index contributed by atoms with van der Waals surface area (Å²) in [7, 11) is 0. The summed E-state index contributed by atoms with van der Waals surface area (Å²) < 4.78 is 41.5. The van der Waals surface area contributed by atoms with Crippen LogP contribution in [0.5, 0.6) is 0 Å². The Kier molecular flexibility index (Phi) is 5.59. The maximum absolute atomic E-state index is 13.3. The van der Waals surface area contributed by atoms with Gasteiger partial charge in [0.2, 0.25) is 0 Å². The van der Waals surface area contributed by atoms with Crippen LogP contribution in [0.4, 0.5) is 13.2 Å². The van der Waals surface area contributed by atoms with Crippen molar-refractivity contribution in [3.8, 4) is 17.1 Å². The van der Waals surface area contributed by atoms with E-state index in [4.69, 9.17) is 0 Å². The molecule has 0 amide bonds. The van der Waals surface area contributed by atoms with Crippen LogP contribution in [0.25, 0.3) is 17.1 Å². The molecule has 0 saturated heterocycles. The minimum atomic E-state index is -4.44. The lowest BCUT2D eigenvalue weighted by Gasteiger charge is -2.13. The Balaban J connectivity index is 1.77. The zero-order chi connectivity index (χ0) is 21.1. The van der Waals surface area contributed by atoms with Crippen molar-refractivity contribution in [3.05, 3.63) is 89.7 Å². The fourth-order valence-corrected chi connectivity index (χ4v) is 3.94. The molecule has 0 fully saturated rings. The van der Waals surface area contributed by atoms with Gasteiger partial charge < -0.3 is 0 Å². The van der Waals surface area contributed by atoms with Crippen LogP contribution in [0, 0.1) is 6.92 Å². The molecule has 152 valence electrons. The summed E-state index contributed by atoms with van der Waals surface area (Å²) in [6.07, 6.45) is -1.20. The van der Waals surface area contributed by atoms with E-state index < -0.39 is 11.7 Å². The van der Waals surface area contributed by atoms with Gasteiger partial charge in [-0.3, -0.25) is 9.55 Å². The molecule has 0 radical (unpaired) electrons. The van der Waals surface area contributed by atoms with E-state index in [-0.39, 0.29) is 0 Å². The molecule has 4 rings (SSSR count). The maximum atomic E-state index is 13.3. The third kappa shape index (κ3) is 4.38. The molecule has 2 aromatic carbocycles. The molecule has 30 heavy (non-hydrogen) atoms. The topological polar surface area (TPSA) is 43.6 Å². The molecule has 0 unspecified atom stereocenters. The molecule has 0 atom stereocenters. The van der Waals surface area contributed by atoms with Crippen LogP contribution >= 0.6 is 11.8 Å². The van der Waals surface area contributed by atoms with Gasteiger partial charge in [-0.25, -0.2) is 0 Å². The summed E-state index contributed by atoms with van der Waals surface area (Å²) in [4.78, 5) is 4.10. The number of hydrogen-bond acceptors (Lipinski definition) is 4. The summed E-state index contributed by atoms with van der Waals surface area (Å²) in [6.45, 7) is 2.01. The average molecular weight is 426 g/mol. The first kappa shape index (κ1) is 20.2. The lowest BCUT2D eigenvalue weighted by Crippen LogP contribution is -2.07. The van der Waals surface area contributed by atoms with Crippen LogP contribution in [0.2, 0.25) is 0 Å². The monoisotopic (exact) mass is 426 g/mol. The summed E-state index contributed by atoms with van der Waals surface area (Å²) in [5.41, 5.74) is 2.54. The highest BCUT2D eigenvalue weighted by molar-refractivity contribution is 7.98. The SMILES string of the molecule is Cc1cccc(CSc2nnc(-c3cccnc3)n2-c2cccc(C(F)(F)F)c2)c1. The molecule has 0 aliphatic rings. The van der Waals surface area contributed by atoms with Crippen molar-refractivity contribution < 1.29 is 13.2 Å². The Bertz CT molecular complexity index is 1160. The lowest BCUT2D eigenvalue weighted by atomic mass is 10.2. The summed E-state index contributed by atoms with van der Waals surface area (Å²) in [5, 5.41) is 9.03. The van der Waals surface area contributed by atoms with Crippen molar-refractivity contribution in [2.75, 3.05) is 0 Å². The van der Waals surface area contributed by atoms with E-state index in [0.717, 1.165) is 23.3 Å². The van der Waals surface area contributed by atoms with E-state index in [1.54, 1.807) is 35.2 Å². The molecule has 4 aromatic rings. The Morgan fingerprint density at radius 2 is 1.80 bits per heavy atom. The van der Waals surface area contributed by atoms with Gasteiger partial charge in [-0.05, 0) is 42.8 Å². The van der Waals surface area contributed by atoms with Crippen LogP contribution < -0.4 is 0 Å². The largest absolute Gasteiger partial charge is 0.416 e. The van der Waals surface area contributed by atoms with Gasteiger partial charge in [0.15, 0.2) is 11.0 Å². The highest BCUT2D eigenvalue weighted by atomic mass is 32.2. The standard InChI is InChI=1S/C22H17F3N4S/c1-15-5-2-6-16(11-15)14-30-21-28-27-20(17-7-4-10-26-13-17)29(21)19-9-3-8-18(12-19)22(23,24)25/h2-13H,14H2,1H3. The minimum absolute atomic E-state index is 0.348. The maximum Gasteiger partial charge on any atom is 0.416 e. The number of benzene rings is 2. The summed E-state index contributed by atoms with van der Waals surface area (Å²) in [5.74, 6) is 1.06. The first-order valence-corrected chi connectivity index (χ1v) is 10.1. The fraction of sp³-hybridized carbons (Fsp3) is 0.136. The van der Waals surface area contributed by atoms with Gasteiger partial charge in [-0.2, -0.15) is 13.2 Å². The van der Waals surface area contributed by atoms with Crippen molar-refractivity contribution in [2.24, 2.45) is 0 Å². The first-order chi connectivity index (χ1) is 14.4. The predicted octanol–water partition coefficient (Wildman–Crippen LogP) is 5.95. The molecule has 2 aromatic heterocycles. The number of aromatic nitrogens is 4. The zero-order valence-electron chi connectivity index (χ0n) is 16.0. The molecule has 2 heterocycles. The third-order valence-corrected chi connectivity index (χ3v) is 5.44. The van der Waals surface area contributed by atoms with Crippen molar-refractivity contribution in [1.82, 2.24) is 19.7 Å². The number of rotatable bonds is 5. The van der Waals surface area contributed by atoms with E-state index in [9.17, 15) is 13.2 Å². The molecule has 0 saturated carbocycles. The second kappa shape index (κ2) is 8.31. The van der Waals surface area contributed by atoms with Crippen LogP contribution in [0.15, 0.2) is 78.2 Å². The van der Waals surface area contributed by atoms with Crippen molar-refractivity contribution in [2.45, 2.75) is 24.0 Å². The van der Waals surface area contributed by atoms with Crippen LogP contribution in [-0.2, 0) is 11.9 Å². The van der Waals surface area contributed by atoms with Gasteiger partial charge in [0, 0.05) is 23.7 Å². The Labute approximate surface area is 175 Å². The minimum Gasteiger partial charge on any atom is -0.270 e. The van der Waals surface area contributed by atoms with E-state index in [2.05, 4.69) is 21.2 Å². The smallest absolute Gasteiger partial charge is 0.270 e. The summed E-state index contributed by atoms with van der Waals surface area (Å²) in [6, 6.07) is 16.8. The normalized spacial score (nSPS) is 11.6. The van der Waals surface area contributed by atoms with Gasteiger partial charge in [0.05, 0.1) is 11.3 Å². The average Bonchev–Trinajstić information content (AvgIpc) is 3.16. The molecule has 0 aliphatic carbocycles. The molecular weight excluding hydrogens is 409 g/mol. The summed E-state index contributed by atoms with van der Waals surface area (Å²) >= 11 is 1.42. The van der Waals surface area contributed by atoms with Crippen LogP contribution in [0.1, 0.15) is 16.7 Å². The van der Waals surface area contributed by atoms with E-state index in [1.165, 1.54) is 17.8 Å². The van der Waals surface area contributed by atoms with Crippen molar-refractivity contribution in [1.29, 1.82) is 0 Å². The molecule has 0 aliphatic heterocycles. The van der Waals surface area contributed by atoms with Crippen molar-refractivity contribution in [3.63, 3.8) is 0 Å². The first-order valence-electron chi connectivity index (χ1n) is 9.13. The Morgan fingerprint density at radius 3 is 2.53 bits per heavy atom. The lowest BCUT2D eigenvalue weighted by molar-refractivity contribution is -0.137. The highest BCUT2D eigenvalue weighted by Crippen LogP contribution is 2.34. The van der Waals surface area contributed by atoms with Crippen LogP contribution in [-0.4, -0.2) is 19.7 Å². The van der Waals surface area contributed by atoms with Gasteiger partial charge in [0.1, 0.15) is 0 Å². The molecule has 0 spiro atoms. The molecule has 4 nitrogen and oxygen atoms in total. The van der Waals surface area contributed by atoms with E-state index in [1.807, 2.05) is 25.1 Å². The van der Waals surface area contributed by atoms with Crippen LogP contribution in [0.3, 0.4) is 0 Å². The predicted molar refractivity (Wildman–Crippen MR) is 110 cm³/mol. The quantitative estimate of drug-likeness (QED) is 0.370. The fourth-order valence-electron chi connectivity index (χ4n) is 3.05. The van der Waals surface area contributed by atoms with Gasteiger partial charge >= 0.3 is 6.18 Å². The molecule has 8 heteroatoms. The second-order valence-corrected chi connectivity index (χ2v) is 7.65. The molecule has 0 bridgehead atoms. The van der Waals surface area contributed by atoms with E-state index in [0.29, 0.717) is 28.0 Å². The number of pyridine rings is 1. The van der Waals surface area contributed by atoms with E-state index >= 15 is 0 Å². The van der Waals surface area contributed by atoms with Crippen molar-refractivity contribution >= 4 is 11.8 Å². The number of halogens is 3. The number of nitrogens with zero attached hydrogens (tertiary/aromatic N) is 4. The number of aryl methyl sites for hydroxylation is 1. The Morgan fingerprint density at radius 1 is 0.967 bits per heavy atom. The number of hydrogen-bond donors (Lipinski definition) is 0. The van der Waals surface area contributed by atoms with Gasteiger partial charge in [-0.1, -0.05) is 47.7 Å².